The van der Waals surface area contributed by atoms with E-state index in [1.807, 2.05) is 6.92 Å². The summed E-state index contributed by atoms with van der Waals surface area (Å²) in [5.41, 5.74) is 5.51. The lowest BCUT2D eigenvalue weighted by Crippen LogP contribution is -2.44. The number of anilines is 1. The molecule has 0 aliphatic carbocycles. The van der Waals surface area contributed by atoms with Gasteiger partial charge in [0.2, 0.25) is 6.20 Å². The smallest absolute Gasteiger partial charge is 0.235 e. The van der Waals surface area contributed by atoms with E-state index in [0.717, 1.165) is 29.4 Å². The number of hydrogen-bond acceptors (Lipinski definition) is 3. The Morgan fingerprint density at radius 3 is 2.57 bits per heavy atom. The van der Waals surface area contributed by atoms with Gasteiger partial charge in [-0.05, 0) is 63.5 Å². The summed E-state index contributed by atoms with van der Waals surface area (Å²) < 4.78 is 0. The van der Waals surface area contributed by atoms with E-state index >= 15 is 0 Å². The highest BCUT2D eigenvalue weighted by Crippen LogP contribution is 2.40. The monoisotopic (exact) mass is 286 g/mol. The Morgan fingerprint density at radius 2 is 2.00 bits per heavy atom. The third-order valence-corrected chi connectivity index (χ3v) is 4.06. The van der Waals surface area contributed by atoms with Crippen LogP contribution in [-0.4, -0.2) is 17.0 Å². The molecule has 2 rings (SSSR count). The van der Waals surface area contributed by atoms with E-state index in [1.165, 1.54) is 11.3 Å². The van der Waals surface area contributed by atoms with Crippen LogP contribution in [0.5, 0.6) is 0 Å². The van der Waals surface area contributed by atoms with Gasteiger partial charge in [-0.2, -0.15) is 0 Å². The van der Waals surface area contributed by atoms with Crippen molar-refractivity contribution < 1.29 is 4.92 Å². The maximum atomic E-state index is 10.5. The molecule has 0 saturated heterocycles. The van der Waals surface area contributed by atoms with Gasteiger partial charge in [0, 0.05) is 23.9 Å². The van der Waals surface area contributed by atoms with Crippen molar-refractivity contribution >= 4 is 17.3 Å². The fourth-order valence-electron chi connectivity index (χ4n) is 3.14. The lowest BCUT2D eigenvalue weighted by Gasteiger charge is -2.43. The van der Waals surface area contributed by atoms with Crippen LogP contribution in [0.2, 0.25) is 0 Å². The molecule has 0 fully saturated rings. The van der Waals surface area contributed by atoms with Crippen molar-refractivity contribution in [3.63, 3.8) is 0 Å². The van der Waals surface area contributed by atoms with Crippen LogP contribution < -0.4 is 4.90 Å². The second-order valence-electron chi connectivity index (χ2n) is 6.05. The molecule has 1 aromatic rings. The minimum atomic E-state index is -0.428. The fourth-order valence-corrected chi connectivity index (χ4v) is 3.14. The maximum Gasteiger partial charge on any atom is 0.235 e. The van der Waals surface area contributed by atoms with Crippen molar-refractivity contribution in [2.24, 2.45) is 0 Å². The van der Waals surface area contributed by atoms with Crippen molar-refractivity contribution in [3.05, 3.63) is 51.2 Å². The first kappa shape index (κ1) is 15.3. The summed E-state index contributed by atoms with van der Waals surface area (Å²) in [6, 6.07) is 4.19. The van der Waals surface area contributed by atoms with Gasteiger partial charge in [-0.3, -0.25) is 10.1 Å². The highest BCUT2D eigenvalue weighted by Gasteiger charge is 2.30. The van der Waals surface area contributed by atoms with Crippen LogP contribution in [0.25, 0.3) is 11.6 Å². The number of likely N-dealkylation sites (N-methyl/N-ethyl adjacent to an activating group) is 1. The van der Waals surface area contributed by atoms with Gasteiger partial charge < -0.3 is 4.90 Å². The predicted octanol–water partition coefficient (Wildman–Crippen LogP) is 4.26. The highest BCUT2D eigenvalue weighted by atomic mass is 16.6. The van der Waals surface area contributed by atoms with Crippen LogP contribution in [0.3, 0.4) is 0 Å². The van der Waals surface area contributed by atoms with Crippen LogP contribution in [0, 0.1) is 17.0 Å². The van der Waals surface area contributed by atoms with E-state index in [1.54, 1.807) is 6.08 Å². The molecule has 0 amide bonds. The Bertz CT molecular complexity index is 642. The summed E-state index contributed by atoms with van der Waals surface area (Å²) in [6.07, 6.45) is 4.83. The quantitative estimate of drug-likeness (QED) is 0.616. The average Bonchev–Trinajstić information content (AvgIpc) is 2.36. The molecular weight excluding hydrogens is 264 g/mol. The first-order valence-electron chi connectivity index (χ1n) is 7.20. The number of aryl methyl sites for hydroxylation is 1. The lowest BCUT2D eigenvalue weighted by atomic mass is 9.87. The van der Waals surface area contributed by atoms with Gasteiger partial charge in [0.1, 0.15) is 0 Å². The molecule has 112 valence electrons. The fraction of sp³-hybridized carbons (Fsp3) is 0.412. The molecule has 0 unspecified atom stereocenters. The number of allylic oxidation sites excluding steroid dienone is 1. The van der Waals surface area contributed by atoms with Crippen molar-refractivity contribution in [2.75, 3.05) is 11.4 Å². The third-order valence-electron chi connectivity index (χ3n) is 4.06. The Labute approximate surface area is 125 Å². The van der Waals surface area contributed by atoms with E-state index in [0.29, 0.717) is 0 Å². The Balaban J connectivity index is 2.59. The van der Waals surface area contributed by atoms with E-state index in [9.17, 15) is 10.1 Å². The van der Waals surface area contributed by atoms with Crippen LogP contribution in [0.1, 0.15) is 44.4 Å². The molecular formula is C17H22N2O2. The molecule has 21 heavy (non-hydrogen) atoms. The Morgan fingerprint density at radius 1 is 1.33 bits per heavy atom. The normalized spacial score (nSPS) is 16.8. The molecule has 0 spiro atoms. The van der Waals surface area contributed by atoms with Gasteiger partial charge in [-0.25, -0.2) is 0 Å². The predicted molar refractivity (Wildman–Crippen MR) is 88.0 cm³/mol. The number of fused-ring (bicyclic) bond motifs is 1. The molecule has 4 heteroatoms. The van der Waals surface area contributed by atoms with Crippen molar-refractivity contribution in [1.82, 2.24) is 0 Å². The van der Waals surface area contributed by atoms with Crippen molar-refractivity contribution in [3.8, 4) is 0 Å². The van der Waals surface area contributed by atoms with Crippen LogP contribution >= 0.6 is 0 Å². The third kappa shape index (κ3) is 2.84. The summed E-state index contributed by atoms with van der Waals surface area (Å²) in [6.45, 7) is 11.6. The van der Waals surface area contributed by atoms with Gasteiger partial charge in [0.15, 0.2) is 0 Å². The molecule has 1 heterocycles. The molecule has 0 bridgehead atoms. The summed E-state index contributed by atoms with van der Waals surface area (Å²) in [4.78, 5) is 12.5. The summed E-state index contributed by atoms with van der Waals surface area (Å²) in [7, 11) is 0. The summed E-state index contributed by atoms with van der Waals surface area (Å²) in [5.74, 6) is 0. The zero-order valence-electron chi connectivity index (χ0n) is 13.3. The molecule has 4 nitrogen and oxygen atoms in total. The molecule has 1 aromatic carbocycles. The number of nitro groups is 1. The molecule has 0 atom stereocenters. The first-order valence-corrected chi connectivity index (χ1v) is 7.20. The van der Waals surface area contributed by atoms with Gasteiger partial charge in [0.05, 0.1) is 10.5 Å². The van der Waals surface area contributed by atoms with Crippen molar-refractivity contribution in [2.45, 2.75) is 40.2 Å². The van der Waals surface area contributed by atoms with Crippen LogP contribution in [0.4, 0.5) is 5.69 Å². The van der Waals surface area contributed by atoms with Gasteiger partial charge in [0.25, 0.3) is 0 Å². The second-order valence-corrected chi connectivity index (χ2v) is 6.05. The zero-order chi connectivity index (χ0) is 15.8. The Hall–Kier alpha value is -2.10. The zero-order valence-corrected chi connectivity index (χ0v) is 13.3. The van der Waals surface area contributed by atoms with E-state index in [2.05, 4.69) is 50.8 Å². The standard InChI is InChI=1S/C17H22N2O2/c1-6-18-16-9-12(2)14(7-8-19(20)21)10-15(16)13(3)11-17(18,4)5/h7-11H,6H2,1-5H3/b8-7+. The SMILES string of the molecule is CCN1c2cc(C)c(/C=C/[N+](=O)[O-])cc2C(C)=CC1(C)C. The van der Waals surface area contributed by atoms with E-state index in [4.69, 9.17) is 0 Å². The molecule has 0 aromatic heterocycles. The van der Waals surface area contributed by atoms with Crippen LogP contribution in [0.15, 0.2) is 24.4 Å². The number of rotatable bonds is 3. The Kier molecular flexibility index (Phi) is 3.90. The summed E-state index contributed by atoms with van der Waals surface area (Å²) in [5, 5.41) is 10.5. The minimum Gasteiger partial charge on any atom is -0.363 e. The second kappa shape index (κ2) is 5.35. The first-order chi connectivity index (χ1) is 9.76. The maximum absolute atomic E-state index is 10.5. The minimum absolute atomic E-state index is 0.0174. The number of hydrogen-bond donors (Lipinski definition) is 0. The molecule has 0 radical (unpaired) electrons. The molecule has 0 saturated carbocycles. The number of nitrogens with zero attached hydrogens (tertiary/aromatic N) is 2. The summed E-state index contributed by atoms with van der Waals surface area (Å²) >= 11 is 0. The molecule has 1 aliphatic heterocycles. The van der Waals surface area contributed by atoms with E-state index < -0.39 is 4.92 Å². The van der Waals surface area contributed by atoms with Crippen molar-refractivity contribution in [1.29, 1.82) is 0 Å². The highest BCUT2D eigenvalue weighted by molar-refractivity contribution is 5.83. The lowest BCUT2D eigenvalue weighted by molar-refractivity contribution is -0.400. The van der Waals surface area contributed by atoms with Gasteiger partial charge in [-0.15, -0.1) is 0 Å². The molecule has 0 N–H and O–H groups in total. The van der Waals surface area contributed by atoms with E-state index in [-0.39, 0.29) is 5.54 Å². The number of benzene rings is 1. The van der Waals surface area contributed by atoms with Crippen LogP contribution in [-0.2, 0) is 0 Å². The average molecular weight is 286 g/mol. The van der Waals surface area contributed by atoms with Gasteiger partial charge >= 0.3 is 0 Å². The van der Waals surface area contributed by atoms with Gasteiger partial charge in [-0.1, -0.05) is 6.08 Å². The largest absolute Gasteiger partial charge is 0.363 e. The molecule has 1 aliphatic rings. The topological polar surface area (TPSA) is 46.4 Å².